The van der Waals surface area contributed by atoms with E-state index in [4.69, 9.17) is 12.2 Å². The average Bonchev–Trinajstić information content (AvgIpc) is 2.36. The monoisotopic (exact) mass is 169 g/mol. The zero-order valence-corrected chi connectivity index (χ0v) is 7.48. The molecule has 0 saturated heterocycles. The largest absolute Gasteiger partial charge is 0.361 e. The molecule has 1 heterocycles. The van der Waals surface area contributed by atoms with Crippen molar-refractivity contribution in [2.45, 2.75) is 13.8 Å². The predicted octanol–water partition coefficient (Wildman–Crippen LogP) is 0.934. The molecule has 1 aromatic heterocycles. The summed E-state index contributed by atoms with van der Waals surface area (Å²) in [6.45, 7) is 4.82. The fraction of sp³-hybridized carbons (Fsp3) is 0.429. The molecule has 3 nitrogen and oxygen atoms in total. The van der Waals surface area contributed by atoms with Crippen molar-refractivity contribution in [1.82, 2.24) is 15.1 Å². The highest BCUT2D eigenvalue weighted by Gasteiger charge is 1.97. The summed E-state index contributed by atoms with van der Waals surface area (Å²) in [7, 11) is 0. The number of nitrogens with one attached hydrogen (secondary N) is 1. The molecule has 0 spiro atoms. The molecule has 0 fully saturated rings. The zero-order chi connectivity index (χ0) is 8.27. The van der Waals surface area contributed by atoms with E-state index in [9.17, 15) is 0 Å². The minimum atomic E-state index is 0.653. The molecule has 0 atom stereocenters. The Morgan fingerprint density at radius 1 is 1.82 bits per heavy atom. The van der Waals surface area contributed by atoms with Gasteiger partial charge in [0.1, 0.15) is 0 Å². The number of hydrogen-bond donors (Lipinski definition) is 1. The van der Waals surface area contributed by atoms with Gasteiger partial charge in [-0.15, -0.1) is 0 Å². The quantitative estimate of drug-likeness (QED) is 0.634. The molecule has 1 rings (SSSR count). The Morgan fingerprint density at radius 3 is 3.00 bits per heavy atom. The summed E-state index contributed by atoms with van der Waals surface area (Å²) in [5.41, 5.74) is 1.12. The average molecular weight is 169 g/mol. The normalized spacial score (nSPS) is 9.64. The van der Waals surface area contributed by atoms with E-state index >= 15 is 0 Å². The lowest BCUT2D eigenvalue weighted by Gasteiger charge is -2.02. The van der Waals surface area contributed by atoms with Gasteiger partial charge in [-0.2, -0.15) is 5.10 Å². The van der Waals surface area contributed by atoms with Gasteiger partial charge in [-0.05, 0) is 31.6 Å². The lowest BCUT2D eigenvalue weighted by atomic mass is 10.4. The Bertz CT molecular complexity index is 254. The fourth-order valence-electron chi connectivity index (χ4n) is 0.756. The van der Waals surface area contributed by atoms with E-state index in [1.54, 1.807) is 10.9 Å². The molecule has 0 aliphatic heterocycles. The first-order valence-corrected chi connectivity index (χ1v) is 3.94. The third-order valence-electron chi connectivity index (χ3n) is 1.25. The number of hydrogen-bond acceptors (Lipinski definition) is 2. The van der Waals surface area contributed by atoms with E-state index in [1.165, 1.54) is 0 Å². The van der Waals surface area contributed by atoms with Gasteiger partial charge in [0.2, 0.25) is 0 Å². The highest BCUT2D eigenvalue weighted by Crippen LogP contribution is 1.92. The second kappa shape index (κ2) is 3.48. The van der Waals surface area contributed by atoms with Crippen LogP contribution >= 0.6 is 12.2 Å². The van der Waals surface area contributed by atoms with Crippen LogP contribution in [-0.2, 0) is 0 Å². The van der Waals surface area contributed by atoms with Crippen molar-refractivity contribution in [3.63, 3.8) is 0 Å². The maximum absolute atomic E-state index is 5.02. The van der Waals surface area contributed by atoms with Crippen molar-refractivity contribution < 1.29 is 0 Å². The summed E-state index contributed by atoms with van der Waals surface area (Å²) in [6, 6.07) is 0. The van der Waals surface area contributed by atoms with Crippen molar-refractivity contribution in [3.8, 4) is 0 Å². The summed E-state index contributed by atoms with van der Waals surface area (Å²) in [6.07, 6.45) is 3.68. The molecule has 11 heavy (non-hydrogen) atoms. The van der Waals surface area contributed by atoms with E-state index < -0.39 is 0 Å². The number of nitrogens with zero attached hydrogens (tertiary/aromatic N) is 2. The second-order valence-electron chi connectivity index (χ2n) is 2.30. The first-order valence-electron chi connectivity index (χ1n) is 3.53. The maximum atomic E-state index is 5.02. The summed E-state index contributed by atoms with van der Waals surface area (Å²) >= 11 is 5.02. The van der Waals surface area contributed by atoms with E-state index in [1.807, 2.05) is 20.0 Å². The summed E-state index contributed by atoms with van der Waals surface area (Å²) in [4.78, 5) is 0. The lowest BCUT2D eigenvalue weighted by molar-refractivity contribution is 0.860. The molecule has 0 unspecified atom stereocenters. The third-order valence-corrected chi connectivity index (χ3v) is 1.58. The van der Waals surface area contributed by atoms with Crippen molar-refractivity contribution >= 4 is 17.3 Å². The van der Waals surface area contributed by atoms with Crippen LogP contribution in [0.1, 0.15) is 12.5 Å². The molecular formula is C7H11N3S. The Balaban J connectivity index is 2.69. The molecule has 0 amide bonds. The fourth-order valence-corrected chi connectivity index (χ4v) is 1.00. The van der Waals surface area contributed by atoms with E-state index in [0.717, 1.165) is 12.1 Å². The molecule has 0 aromatic carbocycles. The molecule has 60 valence electrons. The topological polar surface area (TPSA) is 29.9 Å². The van der Waals surface area contributed by atoms with Crippen LogP contribution in [0.5, 0.6) is 0 Å². The van der Waals surface area contributed by atoms with Crippen LogP contribution in [0, 0.1) is 6.92 Å². The van der Waals surface area contributed by atoms with Crippen molar-refractivity contribution in [2.75, 3.05) is 6.54 Å². The highest BCUT2D eigenvalue weighted by atomic mass is 32.1. The van der Waals surface area contributed by atoms with Gasteiger partial charge in [0.25, 0.3) is 0 Å². The first kappa shape index (κ1) is 8.20. The summed E-state index contributed by atoms with van der Waals surface area (Å²) in [5, 5.41) is 7.71. The molecule has 0 aliphatic carbocycles. The Hall–Kier alpha value is -0.900. The molecule has 0 saturated carbocycles. The van der Waals surface area contributed by atoms with Crippen LogP contribution in [0.15, 0.2) is 12.4 Å². The molecule has 4 heteroatoms. The third kappa shape index (κ3) is 2.01. The maximum Gasteiger partial charge on any atom is 0.193 e. The van der Waals surface area contributed by atoms with Gasteiger partial charge in [0.05, 0.1) is 6.20 Å². The van der Waals surface area contributed by atoms with Crippen LogP contribution < -0.4 is 5.32 Å². The van der Waals surface area contributed by atoms with Gasteiger partial charge in [-0.3, -0.25) is 0 Å². The van der Waals surface area contributed by atoms with Crippen LogP contribution in [0.3, 0.4) is 0 Å². The van der Waals surface area contributed by atoms with Gasteiger partial charge in [0.15, 0.2) is 5.11 Å². The summed E-state index contributed by atoms with van der Waals surface area (Å²) in [5.74, 6) is 0. The van der Waals surface area contributed by atoms with Gasteiger partial charge in [-0.1, -0.05) is 0 Å². The number of rotatable bonds is 1. The Kier molecular flexibility index (Phi) is 2.59. The molecule has 1 aromatic rings. The minimum absolute atomic E-state index is 0.653. The SMILES string of the molecule is CCNC(=S)n1cc(C)cn1. The van der Waals surface area contributed by atoms with Crippen LogP contribution in [0.2, 0.25) is 0 Å². The Labute approximate surface area is 71.4 Å². The van der Waals surface area contributed by atoms with E-state index in [0.29, 0.717) is 5.11 Å². The van der Waals surface area contributed by atoms with Crippen molar-refractivity contribution in [3.05, 3.63) is 18.0 Å². The molecule has 1 N–H and O–H groups in total. The molecular weight excluding hydrogens is 158 g/mol. The number of aromatic nitrogens is 2. The lowest BCUT2D eigenvalue weighted by Crippen LogP contribution is -2.28. The van der Waals surface area contributed by atoms with Gasteiger partial charge >= 0.3 is 0 Å². The summed E-state index contributed by atoms with van der Waals surface area (Å²) < 4.78 is 1.66. The Morgan fingerprint density at radius 2 is 2.55 bits per heavy atom. The molecule has 0 radical (unpaired) electrons. The molecule has 0 bridgehead atoms. The standard InChI is InChI=1S/C7H11N3S/c1-3-8-7(11)10-5-6(2)4-9-10/h4-5H,3H2,1-2H3,(H,8,11). The first-order chi connectivity index (χ1) is 5.24. The van der Waals surface area contributed by atoms with Gasteiger partial charge in [0, 0.05) is 12.7 Å². The molecule has 0 aliphatic rings. The van der Waals surface area contributed by atoms with Gasteiger partial charge in [-0.25, -0.2) is 4.68 Å². The van der Waals surface area contributed by atoms with Crippen LogP contribution in [-0.4, -0.2) is 21.4 Å². The zero-order valence-electron chi connectivity index (χ0n) is 6.66. The minimum Gasteiger partial charge on any atom is -0.361 e. The highest BCUT2D eigenvalue weighted by molar-refractivity contribution is 7.80. The van der Waals surface area contributed by atoms with Crippen LogP contribution in [0.25, 0.3) is 0 Å². The van der Waals surface area contributed by atoms with Crippen molar-refractivity contribution in [1.29, 1.82) is 0 Å². The van der Waals surface area contributed by atoms with E-state index in [-0.39, 0.29) is 0 Å². The second-order valence-corrected chi connectivity index (χ2v) is 2.68. The van der Waals surface area contributed by atoms with Gasteiger partial charge < -0.3 is 5.32 Å². The smallest absolute Gasteiger partial charge is 0.193 e. The number of thiocarbonyl (C=S) groups is 1. The predicted molar refractivity (Wildman–Crippen MR) is 48.6 cm³/mol. The van der Waals surface area contributed by atoms with E-state index in [2.05, 4.69) is 10.4 Å². The van der Waals surface area contributed by atoms with Crippen LogP contribution in [0.4, 0.5) is 0 Å². The van der Waals surface area contributed by atoms with Crippen molar-refractivity contribution in [2.24, 2.45) is 0 Å². The number of aryl methyl sites for hydroxylation is 1.